The highest BCUT2D eigenvalue weighted by Crippen LogP contribution is 2.48. The zero-order valence-electron chi connectivity index (χ0n) is 15.8. The van der Waals surface area contributed by atoms with Crippen molar-refractivity contribution >= 4 is 21.4 Å². The van der Waals surface area contributed by atoms with Crippen LogP contribution >= 0.6 is 11.3 Å². The molecule has 146 valence electrons. The number of rotatable bonds is 7. The molecule has 0 bridgehead atoms. The molecule has 5 nitrogen and oxygen atoms in total. The van der Waals surface area contributed by atoms with Crippen molar-refractivity contribution < 1.29 is 13.2 Å². The summed E-state index contributed by atoms with van der Waals surface area (Å²) in [6.07, 6.45) is 3.80. The molecule has 1 unspecified atom stereocenters. The summed E-state index contributed by atoms with van der Waals surface area (Å²) in [6.45, 7) is 2.61. The Balaban J connectivity index is 1.36. The van der Waals surface area contributed by atoms with E-state index in [1.54, 1.807) is 29.1 Å². The van der Waals surface area contributed by atoms with Crippen LogP contribution < -0.4 is 4.74 Å². The van der Waals surface area contributed by atoms with Crippen LogP contribution in [-0.4, -0.2) is 51.4 Å². The average Bonchev–Trinajstić information content (AvgIpc) is 3.38. The van der Waals surface area contributed by atoms with Crippen molar-refractivity contribution in [2.75, 3.05) is 33.8 Å². The minimum Gasteiger partial charge on any atom is -0.492 e. The highest BCUT2D eigenvalue weighted by atomic mass is 32.2. The number of ether oxygens (including phenoxy) is 1. The van der Waals surface area contributed by atoms with E-state index in [1.165, 1.54) is 36.8 Å². The molecule has 1 aliphatic heterocycles. The van der Waals surface area contributed by atoms with Gasteiger partial charge in [-0.25, -0.2) is 12.7 Å². The average molecular weight is 407 g/mol. The Morgan fingerprint density at radius 1 is 1.19 bits per heavy atom. The minimum atomic E-state index is -3.39. The fraction of sp³-hybridized carbons (Fsp3) is 0.500. The molecule has 1 fully saturated rings. The lowest BCUT2D eigenvalue weighted by molar-refractivity contribution is 0.137. The maximum atomic E-state index is 12.1. The van der Waals surface area contributed by atoms with Crippen molar-refractivity contribution in [2.45, 2.75) is 30.2 Å². The van der Waals surface area contributed by atoms with Crippen LogP contribution in [0.2, 0.25) is 0 Å². The Morgan fingerprint density at radius 2 is 1.93 bits per heavy atom. The SMILES string of the molecule is CN(C)S(=O)(=O)c1ccc(OCCN2CCc3sccc3C2C2CC2)cc1. The molecule has 0 spiro atoms. The van der Waals surface area contributed by atoms with E-state index in [9.17, 15) is 8.42 Å². The van der Waals surface area contributed by atoms with Gasteiger partial charge in [-0.3, -0.25) is 4.90 Å². The quantitative estimate of drug-likeness (QED) is 0.707. The third-order valence-electron chi connectivity index (χ3n) is 5.44. The number of hydrogen-bond donors (Lipinski definition) is 0. The largest absolute Gasteiger partial charge is 0.492 e. The van der Waals surface area contributed by atoms with Crippen molar-refractivity contribution in [3.63, 3.8) is 0 Å². The highest BCUT2D eigenvalue weighted by Gasteiger charge is 2.39. The first-order chi connectivity index (χ1) is 13.0. The smallest absolute Gasteiger partial charge is 0.242 e. The van der Waals surface area contributed by atoms with E-state index in [2.05, 4.69) is 16.3 Å². The van der Waals surface area contributed by atoms with E-state index >= 15 is 0 Å². The van der Waals surface area contributed by atoms with Crippen LogP contribution in [-0.2, 0) is 16.4 Å². The van der Waals surface area contributed by atoms with Gasteiger partial charge in [0.15, 0.2) is 0 Å². The Hall–Kier alpha value is -1.41. The van der Waals surface area contributed by atoms with E-state index in [1.807, 2.05) is 11.3 Å². The standard InChI is InChI=1S/C20H26N2O3S2/c1-21(2)27(23,24)17-7-5-16(6-8-17)25-13-12-22-11-9-19-18(10-14-26-19)20(22)15-3-4-15/h5-8,10,14-15,20H,3-4,9,11-13H2,1-2H3. The number of benzene rings is 1. The zero-order chi connectivity index (χ0) is 19.0. The first-order valence-corrected chi connectivity index (χ1v) is 11.7. The topological polar surface area (TPSA) is 49.9 Å². The Labute approximate surface area is 165 Å². The lowest BCUT2D eigenvalue weighted by Gasteiger charge is -2.36. The van der Waals surface area contributed by atoms with Gasteiger partial charge in [0.05, 0.1) is 4.90 Å². The molecule has 2 aliphatic rings. The summed E-state index contributed by atoms with van der Waals surface area (Å²) in [7, 11) is -0.323. The van der Waals surface area contributed by atoms with Gasteiger partial charge >= 0.3 is 0 Å². The first kappa shape index (κ1) is 18.9. The number of thiophene rings is 1. The zero-order valence-corrected chi connectivity index (χ0v) is 17.4. The maximum Gasteiger partial charge on any atom is 0.242 e. The Kier molecular flexibility index (Phi) is 5.29. The van der Waals surface area contributed by atoms with Crippen LogP contribution in [0.4, 0.5) is 0 Å². The second-order valence-electron chi connectivity index (χ2n) is 7.47. The molecular formula is C20H26N2O3S2. The molecule has 1 atom stereocenters. The van der Waals surface area contributed by atoms with Crippen molar-refractivity contribution in [2.24, 2.45) is 5.92 Å². The lowest BCUT2D eigenvalue weighted by atomic mass is 9.96. The van der Waals surface area contributed by atoms with E-state index < -0.39 is 10.0 Å². The summed E-state index contributed by atoms with van der Waals surface area (Å²) >= 11 is 1.89. The van der Waals surface area contributed by atoms with E-state index in [0.717, 1.165) is 25.4 Å². The van der Waals surface area contributed by atoms with Gasteiger partial charge in [-0.2, -0.15) is 0 Å². The molecule has 7 heteroatoms. The van der Waals surface area contributed by atoms with Crippen LogP contribution in [0.25, 0.3) is 0 Å². The molecule has 4 rings (SSSR count). The molecule has 0 amide bonds. The van der Waals surface area contributed by atoms with Crippen LogP contribution in [0.5, 0.6) is 5.75 Å². The molecule has 1 aromatic heterocycles. The molecule has 1 saturated carbocycles. The van der Waals surface area contributed by atoms with Crippen molar-refractivity contribution in [3.05, 3.63) is 46.2 Å². The van der Waals surface area contributed by atoms with Crippen molar-refractivity contribution in [1.29, 1.82) is 0 Å². The van der Waals surface area contributed by atoms with E-state index in [0.29, 0.717) is 18.4 Å². The second kappa shape index (κ2) is 7.54. The van der Waals surface area contributed by atoms with Gasteiger partial charge in [-0.15, -0.1) is 11.3 Å². The van der Waals surface area contributed by atoms with Crippen LogP contribution in [0.1, 0.15) is 29.3 Å². The summed E-state index contributed by atoms with van der Waals surface area (Å²) in [6, 6.07) is 9.55. The predicted molar refractivity (Wildman–Crippen MR) is 108 cm³/mol. The van der Waals surface area contributed by atoms with Crippen LogP contribution in [0.3, 0.4) is 0 Å². The van der Waals surface area contributed by atoms with Gasteiger partial charge in [-0.1, -0.05) is 0 Å². The molecule has 1 aliphatic carbocycles. The van der Waals surface area contributed by atoms with Gasteiger partial charge in [-0.05, 0) is 66.5 Å². The van der Waals surface area contributed by atoms with Gasteiger partial charge < -0.3 is 4.74 Å². The van der Waals surface area contributed by atoms with Crippen LogP contribution in [0.15, 0.2) is 40.6 Å². The molecule has 27 heavy (non-hydrogen) atoms. The Bertz CT molecular complexity index is 886. The van der Waals surface area contributed by atoms with Gasteiger partial charge in [0.2, 0.25) is 10.0 Å². The number of nitrogens with zero attached hydrogens (tertiary/aromatic N) is 2. The number of sulfonamides is 1. The summed E-state index contributed by atoms with van der Waals surface area (Å²) in [5.74, 6) is 1.51. The second-order valence-corrected chi connectivity index (χ2v) is 10.6. The summed E-state index contributed by atoms with van der Waals surface area (Å²) in [5, 5.41) is 2.23. The lowest BCUT2D eigenvalue weighted by Crippen LogP contribution is -2.38. The van der Waals surface area contributed by atoms with Gasteiger partial charge in [0.1, 0.15) is 12.4 Å². The van der Waals surface area contributed by atoms with E-state index in [4.69, 9.17) is 4.74 Å². The molecule has 0 radical (unpaired) electrons. The molecule has 0 saturated heterocycles. The summed E-state index contributed by atoms with van der Waals surface area (Å²) < 4.78 is 31.4. The maximum absolute atomic E-state index is 12.1. The minimum absolute atomic E-state index is 0.287. The third kappa shape index (κ3) is 3.92. The first-order valence-electron chi connectivity index (χ1n) is 9.42. The number of hydrogen-bond acceptors (Lipinski definition) is 5. The highest BCUT2D eigenvalue weighted by molar-refractivity contribution is 7.89. The fourth-order valence-corrected chi connectivity index (χ4v) is 5.63. The van der Waals surface area contributed by atoms with Crippen molar-refractivity contribution in [1.82, 2.24) is 9.21 Å². The monoisotopic (exact) mass is 406 g/mol. The normalized spacial score (nSPS) is 20.6. The number of fused-ring (bicyclic) bond motifs is 1. The van der Waals surface area contributed by atoms with Crippen LogP contribution in [0, 0.1) is 5.92 Å². The molecule has 1 aromatic carbocycles. The van der Waals surface area contributed by atoms with Gasteiger partial charge in [0.25, 0.3) is 0 Å². The van der Waals surface area contributed by atoms with Crippen molar-refractivity contribution in [3.8, 4) is 5.75 Å². The summed E-state index contributed by atoms with van der Waals surface area (Å²) in [4.78, 5) is 4.41. The van der Waals surface area contributed by atoms with Gasteiger partial charge in [0, 0.05) is 38.1 Å². The third-order valence-corrected chi connectivity index (χ3v) is 8.26. The molecule has 0 N–H and O–H groups in total. The molecule has 2 aromatic rings. The Morgan fingerprint density at radius 3 is 2.59 bits per heavy atom. The predicted octanol–water partition coefficient (Wildman–Crippen LogP) is 3.39. The fourth-order valence-electron chi connectivity index (χ4n) is 3.81. The van der Waals surface area contributed by atoms with E-state index in [-0.39, 0.29) is 4.90 Å². The molecule has 2 heterocycles. The molecular weight excluding hydrogens is 380 g/mol. The summed E-state index contributed by atoms with van der Waals surface area (Å²) in [5.41, 5.74) is 1.53.